The van der Waals surface area contributed by atoms with Crippen LogP contribution >= 0.6 is 0 Å². The minimum Gasteiger partial charge on any atom is -0.495 e. The van der Waals surface area contributed by atoms with Crippen molar-refractivity contribution in [3.63, 3.8) is 0 Å². The van der Waals surface area contributed by atoms with Crippen LogP contribution < -0.4 is 15.4 Å². The van der Waals surface area contributed by atoms with Crippen molar-refractivity contribution in [1.82, 2.24) is 0 Å². The fourth-order valence-corrected chi connectivity index (χ4v) is 3.16. The number of nitrogens with zero attached hydrogens (tertiary/aromatic N) is 1. The lowest BCUT2D eigenvalue weighted by atomic mass is 9.93. The summed E-state index contributed by atoms with van der Waals surface area (Å²) < 4.78 is 5.22. The summed E-state index contributed by atoms with van der Waals surface area (Å²) in [5.41, 5.74) is 10.7. The van der Waals surface area contributed by atoms with Crippen LogP contribution in [0.3, 0.4) is 0 Å². The van der Waals surface area contributed by atoms with Gasteiger partial charge in [-0.25, -0.2) is 0 Å². The van der Waals surface area contributed by atoms with E-state index in [1.54, 1.807) is 7.11 Å². The lowest BCUT2D eigenvalue weighted by molar-refractivity contribution is 0.417. The van der Waals surface area contributed by atoms with Gasteiger partial charge in [0.05, 0.1) is 12.8 Å². The molecule has 3 heteroatoms. The first kappa shape index (κ1) is 13.8. The van der Waals surface area contributed by atoms with Crippen molar-refractivity contribution < 1.29 is 4.74 Å². The number of nitrogen functional groups attached to an aromatic ring is 1. The molecule has 0 amide bonds. The summed E-state index contributed by atoms with van der Waals surface area (Å²) in [6, 6.07) is 14.8. The smallest absolute Gasteiger partial charge is 0.141 e. The second kappa shape index (κ2) is 5.68. The number of benzene rings is 2. The second-order valence-corrected chi connectivity index (χ2v) is 5.89. The number of fused-ring (bicyclic) bond motifs is 1. The minimum atomic E-state index is 0.676. The molecule has 1 heterocycles. The molecule has 2 N–H and O–H groups in total. The molecule has 0 saturated carbocycles. The Bertz CT molecular complexity index is 639. The third-order valence-electron chi connectivity index (χ3n) is 4.10. The number of methoxy groups -OCH3 is 1. The number of para-hydroxylation sites is 1. The SMILES string of the molecule is COc1ccc(CN2CC(C)Cc3ccccc32)cc1N. The van der Waals surface area contributed by atoms with E-state index in [1.165, 1.54) is 16.8 Å². The van der Waals surface area contributed by atoms with Gasteiger partial charge in [0.25, 0.3) is 0 Å². The molecule has 0 spiro atoms. The van der Waals surface area contributed by atoms with E-state index in [1.807, 2.05) is 12.1 Å². The normalized spacial score (nSPS) is 17.4. The number of rotatable bonds is 3. The van der Waals surface area contributed by atoms with E-state index in [0.717, 1.165) is 25.3 Å². The third-order valence-corrected chi connectivity index (χ3v) is 4.10. The van der Waals surface area contributed by atoms with E-state index in [-0.39, 0.29) is 0 Å². The molecule has 0 saturated heterocycles. The molecule has 0 bridgehead atoms. The Balaban J connectivity index is 1.86. The highest BCUT2D eigenvalue weighted by Gasteiger charge is 2.21. The number of hydrogen-bond donors (Lipinski definition) is 1. The number of anilines is 2. The zero-order valence-corrected chi connectivity index (χ0v) is 12.7. The lowest BCUT2D eigenvalue weighted by Crippen LogP contribution is -2.33. The maximum absolute atomic E-state index is 6.02. The average molecular weight is 282 g/mol. The molecule has 1 unspecified atom stereocenters. The monoisotopic (exact) mass is 282 g/mol. The molecule has 3 nitrogen and oxygen atoms in total. The van der Waals surface area contributed by atoms with Crippen LogP contribution in [0.25, 0.3) is 0 Å². The maximum atomic E-state index is 6.02. The Morgan fingerprint density at radius 1 is 1.24 bits per heavy atom. The van der Waals surface area contributed by atoms with Gasteiger partial charge in [-0.1, -0.05) is 31.2 Å². The Labute approximate surface area is 126 Å². The molecule has 0 fully saturated rings. The molecule has 1 aliphatic heterocycles. The van der Waals surface area contributed by atoms with Crippen LogP contribution in [-0.4, -0.2) is 13.7 Å². The van der Waals surface area contributed by atoms with Crippen molar-refractivity contribution in [2.24, 2.45) is 5.92 Å². The van der Waals surface area contributed by atoms with E-state index in [2.05, 4.69) is 42.2 Å². The summed E-state index contributed by atoms with van der Waals surface area (Å²) in [6.07, 6.45) is 1.16. The van der Waals surface area contributed by atoms with Crippen molar-refractivity contribution in [2.45, 2.75) is 19.9 Å². The van der Waals surface area contributed by atoms with E-state index < -0.39 is 0 Å². The molecule has 3 rings (SSSR count). The van der Waals surface area contributed by atoms with E-state index in [9.17, 15) is 0 Å². The molecule has 0 radical (unpaired) electrons. The standard InChI is InChI=1S/C18H22N2O/c1-13-9-15-5-3-4-6-17(15)20(11-13)12-14-7-8-18(21-2)16(19)10-14/h3-8,10,13H,9,11-12,19H2,1-2H3. The van der Waals surface area contributed by atoms with Crippen molar-refractivity contribution in [3.05, 3.63) is 53.6 Å². The first-order chi connectivity index (χ1) is 10.2. The highest BCUT2D eigenvalue weighted by molar-refractivity contribution is 5.58. The molecule has 0 aliphatic carbocycles. The highest BCUT2D eigenvalue weighted by Crippen LogP contribution is 2.31. The summed E-state index contributed by atoms with van der Waals surface area (Å²) in [6.45, 7) is 4.28. The molecule has 2 aromatic carbocycles. The van der Waals surface area contributed by atoms with Gasteiger partial charge in [-0.05, 0) is 41.7 Å². The van der Waals surface area contributed by atoms with Gasteiger partial charge >= 0.3 is 0 Å². The summed E-state index contributed by atoms with van der Waals surface area (Å²) in [5.74, 6) is 1.42. The van der Waals surface area contributed by atoms with Crippen LogP contribution in [0.1, 0.15) is 18.1 Å². The average Bonchev–Trinajstić information content (AvgIpc) is 2.47. The molecule has 1 aliphatic rings. The maximum Gasteiger partial charge on any atom is 0.141 e. The summed E-state index contributed by atoms with van der Waals surface area (Å²) in [4.78, 5) is 2.45. The predicted molar refractivity (Wildman–Crippen MR) is 87.8 cm³/mol. The molecule has 110 valence electrons. The predicted octanol–water partition coefficient (Wildman–Crippen LogP) is 3.48. The molecular weight excluding hydrogens is 260 g/mol. The zero-order valence-electron chi connectivity index (χ0n) is 12.7. The van der Waals surface area contributed by atoms with E-state index in [4.69, 9.17) is 10.5 Å². The fraction of sp³-hybridized carbons (Fsp3) is 0.333. The van der Waals surface area contributed by atoms with Gasteiger partial charge in [0.1, 0.15) is 5.75 Å². The molecule has 1 atom stereocenters. The quantitative estimate of drug-likeness (QED) is 0.876. The van der Waals surface area contributed by atoms with Crippen molar-refractivity contribution in [3.8, 4) is 5.75 Å². The summed E-state index contributed by atoms with van der Waals surface area (Å²) >= 11 is 0. The van der Waals surface area contributed by atoms with Crippen LogP contribution in [0.15, 0.2) is 42.5 Å². The van der Waals surface area contributed by atoms with Crippen LogP contribution in [-0.2, 0) is 13.0 Å². The Morgan fingerprint density at radius 3 is 2.81 bits per heavy atom. The number of hydrogen-bond acceptors (Lipinski definition) is 3. The molecular formula is C18H22N2O. The van der Waals surface area contributed by atoms with Gasteiger partial charge in [-0.3, -0.25) is 0 Å². The van der Waals surface area contributed by atoms with Gasteiger partial charge in [0.15, 0.2) is 0 Å². The van der Waals surface area contributed by atoms with Gasteiger partial charge in [0, 0.05) is 18.8 Å². The summed E-state index contributed by atoms with van der Waals surface area (Å²) in [7, 11) is 1.65. The van der Waals surface area contributed by atoms with Crippen molar-refractivity contribution in [2.75, 3.05) is 24.3 Å². The number of nitrogens with two attached hydrogens (primary N) is 1. The highest BCUT2D eigenvalue weighted by atomic mass is 16.5. The minimum absolute atomic E-state index is 0.676. The zero-order chi connectivity index (χ0) is 14.8. The first-order valence-electron chi connectivity index (χ1n) is 7.42. The van der Waals surface area contributed by atoms with Gasteiger partial charge < -0.3 is 15.4 Å². The Morgan fingerprint density at radius 2 is 2.05 bits per heavy atom. The van der Waals surface area contributed by atoms with Crippen LogP contribution in [0.5, 0.6) is 5.75 Å². The van der Waals surface area contributed by atoms with Crippen LogP contribution in [0.2, 0.25) is 0 Å². The fourth-order valence-electron chi connectivity index (χ4n) is 3.16. The van der Waals surface area contributed by atoms with E-state index >= 15 is 0 Å². The molecule has 0 aromatic heterocycles. The largest absolute Gasteiger partial charge is 0.495 e. The van der Waals surface area contributed by atoms with Gasteiger partial charge in [-0.2, -0.15) is 0 Å². The molecule has 2 aromatic rings. The van der Waals surface area contributed by atoms with Gasteiger partial charge in [-0.15, -0.1) is 0 Å². The van der Waals surface area contributed by atoms with E-state index in [0.29, 0.717) is 11.6 Å². The van der Waals surface area contributed by atoms with Crippen LogP contribution in [0.4, 0.5) is 11.4 Å². The van der Waals surface area contributed by atoms with Crippen molar-refractivity contribution in [1.29, 1.82) is 0 Å². The Hall–Kier alpha value is -2.16. The van der Waals surface area contributed by atoms with Crippen molar-refractivity contribution >= 4 is 11.4 Å². The third kappa shape index (κ3) is 2.82. The summed E-state index contributed by atoms with van der Waals surface area (Å²) in [5, 5.41) is 0. The molecule has 21 heavy (non-hydrogen) atoms. The lowest BCUT2D eigenvalue weighted by Gasteiger charge is -2.35. The first-order valence-corrected chi connectivity index (χ1v) is 7.42. The topological polar surface area (TPSA) is 38.5 Å². The second-order valence-electron chi connectivity index (χ2n) is 5.89. The number of ether oxygens (including phenoxy) is 1. The Kier molecular flexibility index (Phi) is 3.74. The van der Waals surface area contributed by atoms with Crippen LogP contribution in [0, 0.1) is 5.92 Å². The van der Waals surface area contributed by atoms with Gasteiger partial charge in [0.2, 0.25) is 0 Å².